The van der Waals surface area contributed by atoms with Gasteiger partial charge in [0.05, 0.1) is 27.9 Å². The van der Waals surface area contributed by atoms with E-state index in [1.807, 2.05) is 19.1 Å². The number of allylic oxidation sites excluding steroid dienone is 4. The normalized spacial score (nSPS) is 31.1. The molecule has 210 valence electrons. The maximum atomic E-state index is 14.0. The number of aryl methyl sites for hydroxylation is 1. The molecule has 0 unspecified atom stereocenters. The zero-order valence-corrected chi connectivity index (χ0v) is 23.2. The minimum atomic E-state index is -1.09. The number of ketones is 2. The molecule has 1 aliphatic heterocycles. The molecule has 0 radical (unpaired) electrons. The summed E-state index contributed by atoms with van der Waals surface area (Å²) in [6, 6.07) is 10.5. The summed E-state index contributed by atoms with van der Waals surface area (Å²) in [7, 11) is 0. The van der Waals surface area contributed by atoms with Gasteiger partial charge in [0.2, 0.25) is 11.8 Å². The standard InChI is InChI=1S/C32H30N2O7/c1-15-13-18(5-12-25(15)35)27-21-10-11-22-26(23(21)14-24-28(36)16(2)17(3)29(37)32(24,27)4)31(39)33(30(22)38)19-6-8-20(9-7-19)34(40)41/h5-10,12-13,22-24,26-27,35H,11,14H2,1-4H3/t22-,23+,24-,26-,27-,32+/m0/s1. The second-order valence-corrected chi connectivity index (χ2v) is 12.0. The van der Waals surface area contributed by atoms with Crippen molar-refractivity contribution in [3.05, 3.63) is 86.5 Å². The molecule has 6 rings (SSSR count). The number of carbonyl (C=O) groups excluding carboxylic acids is 4. The van der Waals surface area contributed by atoms with Crippen LogP contribution in [0.5, 0.6) is 5.75 Å². The third-order valence-electron chi connectivity index (χ3n) is 10.0. The van der Waals surface area contributed by atoms with Crippen LogP contribution in [0.15, 0.2) is 65.3 Å². The third-order valence-corrected chi connectivity index (χ3v) is 10.0. The number of anilines is 1. The molecule has 1 saturated heterocycles. The number of aromatic hydroxyl groups is 1. The van der Waals surface area contributed by atoms with Gasteiger partial charge in [-0.25, -0.2) is 0 Å². The van der Waals surface area contributed by atoms with Gasteiger partial charge in [0, 0.05) is 24.0 Å². The number of phenolic OH excluding ortho intramolecular Hbond substituents is 1. The van der Waals surface area contributed by atoms with Crippen LogP contribution >= 0.6 is 0 Å². The highest BCUT2D eigenvalue weighted by atomic mass is 16.6. The first-order chi connectivity index (χ1) is 19.4. The van der Waals surface area contributed by atoms with Gasteiger partial charge in [-0.1, -0.05) is 30.7 Å². The lowest BCUT2D eigenvalue weighted by Gasteiger charge is -2.54. The number of fused-ring (bicyclic) bond motifs is 4. The average Bonchev–Trinajstić information content (AvgIpc) is 3.21. The topological polar surface area (TPSA) is 135 Å². The van der Waals surface area contributed by atoms with Gasteiger partial charge in [0.1, 0.15) is 5.75 Å². The number of hydrogen-bond donors (Lipinski definition) is 1. The molecule has 0 spiro atoms. The fourth-order valence-corrected chi connectivity index (χ4v) is 7.80. The summed E-state index contributed by atoms with van der Waals surface area (Å²) in [4.78, 5) is 67.2. The number of rotatable bonds is 3. The highest BCUT2D eigenvalue weighted by Crippen LogP contribution is 2.63. The number of nitrogens with zero attached hydrogens (tertiary/aromatic N) is 2. The van der Waals surface area contributed by atoms with Crippen LogP contribution < -0.4 is 4.90 Å². The summed E-state index contributed by atoms with van der Waals surface area (Å²) in [6.45, 7) is 6.97. The fraction of sp³-hybridized carbons (Fsp3) is 0.375. The molecule has 1 N–H and O–H groups in total. The monoisotopic (exact) mass is 554 g/mol. The number of phenols is 1. The van der Waals surface area contributed by atoms with Crippen LogP contribution in [0, 0.1) is 46.1 Å². The van der Waals surface area contributed by atoms with Crippen LogP contribution in [0.25, 0.3) is 0 Å². The van der Waals surface area contributed by atoms with Crippen LogP contribution in [0.1, 0.15) is 50.7 Å². The Hall–Kier alpha value is -4.40. The number of benzene rings is 2. The van der Waals surface area contributed by atoms with Crippen molar-refractivity contribution < 1.29 is 29.2 Å². The van der Waals surface area contributed by atoms with E-state index in [1.165, 1.54) is 24.3 Å². The van der Waals surface area contributed by atoms with E-state index >= 15 is 0 Å². The first kappa shape index (κ1) is 26.8. The Morgan fingerprint density at radius 2 is 1.63 bits per heavy atom. The summed E-state index contributed by atoms with van der Waals surface area (Å²) in [5.74, 6) is -3.88. The predicted molar refractivity (Wildman–Crippen MR) is 149 cm³/mol. The number of nitro benzene ring substituents is 1. The minimum absolute atomic E-state index is 0.0990. The van der Waals surface area contributed by atoms with E-state index in [0.29, 0.717) is 23.1 Å². The molecule has 3 aliphatic carbocycles. The summed E-state index contributed by atoms with van der Waals surface area (Å²) in [6.07, 6.45) is 2.54. The van der Waals surface area contributed by atoms with E-state index in [2.05, 4.69) is 0 Å². The molecule has 9 heteroatoms. The predicted octanol–water partition coefficient (Wildman–Crippen LogP) is 4.96. The van der Waals surface area contributed by atoms with Crippen LogP contribution in [-0.2, 0) is 19.2 Å². The van der Waals surface area contributed by atoms with Crippen LogP contribution in [0.4, 0.5) is 11.4 Å². The van der Waals surface area contributed by atoms with E-state index in [-0.39, 0.29) is 41.0 Å². The van der Waals surface area contributed by atoms with Gasteiger partial charge in [0.25, 0.3) is 5.69 Å². The summed E-state index contributed by atoms with van der Waals surface area (Å²) in [5, 5.41) is 21.4. The van der Waals surface area contributed by atoms with Crippen LogP contribution in [0.2, 0.25) is 0 Å². The molecule has 0 bridgehead atoms. The molecule has 4 aliphatic rings. The van der Waals surface area contributed by atoms with E-state index in [9.17, 15) is 34.4 Å². The second-order valence-electron chi connectivity index (χ2n) is 12.0. The highest BCUT2D eigenvalue weighted by Gasteiger charge is 2.64. The van der Waals surface area contributed by atoms with Gasteiger partial charge in [-0.15, -0.1) is 0 Å². The lowest BCUT2D eigenvalue weighted by Crippen LogP contribution is -2.55. The zero-order chi connectivity index (χ0) is 29.5. The Labute approximate surface area is 236 Å². The number of imide groups is 1. The Bertz CT molecular complexity index is 1640. The Balaban J connectivity index is 1.48. The number of hydrogen-bond acceptors (Lipinski definition) is 7. The quantitative estimate of drug-likeness (QED) is 0.245. The molecule has 0 aromatic heterocycles. The number of nitro groups is 1. The van der Waals surface area contributed by atoms with Crippen LogP contribution in [-0.4, -0.2) is 33.4 Å². The van der Waals surface area contributed by atoms with Crippen molar-refractivity contribution in [1.29, 1.82) is 0 Å². The van der Waals surface area contributed by atoms with Gasteiger partial charge in [-0.3, -0.25) is 34.2 Å². The lowest BCUT2D eigenvalue weighted by atomic mass is 9.46. The van der Waals surface area contributed by atoms with Crippen molar-refractivity contribution in [2.45, 2.75) is 46.5 Å². The van der Waals surface area contributed by atoms with E-state index in [0.717, 1.165) is 16.0 Å². The maximum Gasteiger partial charge on any atom is 0.269 e. The van der Waals surface area contributed by atoms with Gasteiger partial charge >= 0.3 is 0 Å². The minimum Gasteiger partial charge on any atom is -0.508 e. The first-order valence-electron chi connectivity index (χ1n) is 13.8. The lowest BCUT2D eigenvalue weighted by molar-refractivity contribution is -0.384. The Morgan fingerprint density at radius 1 is 0.951 bits per heavy atom. The SMILES string of the molecule is CC1=C(C)C(=O)[C@@]2(C)[C@@H](c3ccc(O)c(C)c3)C3=CC[C@@H]4C(=O)N(c5ccc([N+](=O)[O-])cc5)C(=O)[C@@H]4[C@@H]3C[C@H]2C1=O. The number of amides is 2. The number of Topliss-reactive ketones (excluding diaryl/α,β-unsaturated/α-hetero) is 2. The second kappa shape index (κ2) is 9.06. The van der Waals surface area contributed by atoms with Crippen molar-refractivity contribution >= 4 is 34.8 Å². The van der Waals surface area contributed by atoms with Crippen molar-refractivity contribution in [3.63, 3.8) is 0 Å². The van der Waals surface area contributed by atoms with Gasteiger partial charge in [-0.05, 0) is 80.0 Å². The maximum absolute atomic E-state index is 14.0. The zero-order valence-electron chi connectivity index (χ0n) is 23.2. The van der Waals surface area contributed by atoms with E-state index < -0.39 is 45.8 Å². The van der Waals surface area contributed by atoms with E-state index in [1.54, 1.807) is 32.9 Å². The molecular weight excluding hydrogens is 524 g/mol. The fourth-order valence-electron chi connectivity index (χ4n) is 7.80. The highest BCUT2D eigenvalue weighted by molar-refractivity contribution is 6.22. The molecule has 2 fully saturated rings. The van der Waals surface area contributed by atoms with E-state index in [4.69, 9.17) is 0 Å². The molecule has 2 amide bonds. The van der Waals surface area contributed by atoms with Gasteiger partial charge in [0.15, 0.2) is 11.6 Å². The first-order valence-corrected chi connectivity index (χ1v) is 13.8. The summed E-state index contributed by atoms with van der Waals surface area (Å²) in [5.41, 5.74) is 2.18. The largest absolute Gasteiger partial charge is 0.508 e. The molecule has 9 nitrogen and oxygen atoms in total. The molecule has 1 saturated carbocycles. The van der Waals surface area contributed by atoms with Crippen molar-refractivity contribution in [3.8, 4) is 5.75 Å². The van der Waals surface area contributed by atoms with Crippen LogP contribution in [0.3, 0.4) is 0 Å². The number of non-ortho nitro benzene ring substituents is 1. The molecule has 2 aromatic carbocycles. The molecule has 41 heavy (non-hydrogen) atoms. The Kier molecular flexibility index (Phi) is 5.92. The number of carbonyl (C=O) groups is 4. The summed E-state index contributed by atoms with van der Waals surface area (Å²) >= 11 is 0. The molecule has 1 heterocycles. The molecule has 6 atom stereocenters. The van der Waals surface area contributed by atoms with Gasteiger partial charge < -0.3 is 5.11 Å². The van der Waals surface area contributed by atoms with Crippen molar-refractivity contribution in [2.24, 2.45) is 29.1 Å². The molecular formula is C32H30N2O7. The average molecular weight is 555 g/mol. The van der Waals surface area contributed by atoms with Gasteiger partial charge in [-0.2, -0.15) is 0 Å². The van der Waals surface area contributed by atoms with Crippen molar-refractivity contribution in [2.75, 3.05) is 4.90 Å². The smallest absolute Gasteiger partial charge is 0.269 e. The summed E-state index contributed by atoms with van der Waals surface area (Å²) < 4.78 is 0. The molecule has 2 aromatic rings. The third kappa shape index (κ3) is 3.60. The Morgan fingerprint density at radius 3 is 2.27 bits per heavy atom. The van der Waals surface area contributed by atoms with Crippen molar-refractivity contribution in [1.82, 2.24) is 0 Å².